The highest BCUT2D eigenvalue weighted by molar-refractivity contribution is 6.03. The van der Waals surface area contributed by atoms with Crippen molar-refractivity contribution in [2.24, 2.45) is 0 Å². The monoisotopic (exact) mass is 852 g/mol. The lowest BCUT2D eigenvalue weighted by Gasteiger charge is -2.37. The zero-order valence-electron chi connectivity index (χ0n) is 36.4. The maximum absolute atomic E-state index is 13.2. The van der Waals surface area contributed by atoms with E-state index >= 15 is 0 Å². The van der Waals surface area contributed by atoms with E-state index in [0.29, 0.717) is 11.4 Å². The molecule has 9 rings (SSSR count). The second kappa shape index (κ2) is 19.8. The zero-order chi connectivity index (χ0) is 45.0. The van der Waals surface area contributed by atoms with Gasteiger partial charge in [0.15, 0.2) is 0 Å². The van der Waals surface area contributed by atoms with Crippen molar-refractivity contribution in [3.8, 4) is 0 Å². The average Bonchev–Trinajstić information content (AvgIpc) is 3.39. The fourth-order valence-corrected chi connectivity index (χ4v) is 9.21. The van der Waals surface area contributed by atoms with Gasteiger partial charge < -0.3 is 10.6 Å². The molecule has 2 amide bonds. The van der Waals surface area contributed by atoms with Gasteiger partial charge in [-0.05, 0) is 98.1 Å². The van der Waals surface area contributed by atoms with E-state index in [1.54, 1.807) is 12.2 Å². The minimum Gasteiger partial charge on any atom is -0.323 e. The highest BCUT2D eigenvalue weighted by atomic mass is 16.2. The SMILES string of the molecule is O=C(/C=C/c1cccc(/C=C/C(=O)Nc2ccc(C(c3ccccc3)(c3ccccc3)c3ccccc3)cc2)c1)Nc1ccc(C(c2ccccc2)(c2ccccc2)c2ccccc2)cc1. The maximum Gasteiger partial charge on any atom is 0.248 e. The Kier molecular flexibility index (Phi) is 12.8. The Bertz CT molecular complexity index is 2660. The Morgan fingerprint density at radius 1 is 0.288 bits per heavy atom. The van der Waals surface area contributed by atoms with E-state index in [0.717, 1.165) is 55.6 Å². The Hall–Kier alpha value is -8.60. The van der Waals surface area contributed by atoms with Crippen LogP contribution in [0.4, 0.5) is 11.4 Å². The number of hydrogen-bond donors (Lipinski definition) is 2. The van der Waals surface area contributed by atoms with Crippen LogP contribution in [0.25, 0.3) is 12.2 Å². The molecule has 0 aliphatic rings. The van der Waals surface area contributed by atoms with Crippen molar-refractivity contribution in [1.29, 1.82) is 0 Å². The van der Waals surface area contributed by atoms with Gasteiger partial charge in [-0.15, -0.1) is 0 Å². The van der Waals surface area contributed by atoms with Crippen LogP contribution in [0.2, 0.25) is 0 Å². The molecule has 0 aliphatic heterocycles. The first-order valence-electron chi connectivity index (χ1n) is 22.2. The van der Waals surface area contributed by atoms with E-state index in [1.807, 2.05) is 84.9 Å². The van der Waals surface area contributed by atoms with Crippen molar-refractivity contribution < 1.29 is 9.59 Å². The number of hydrogen-bond acceptors (Lipinski definition) is 2. The van der Waals surface area contributed by atoms with E-state index < -0.39 is 10.8 Å². The van der Waals surface area contributed by atoms with Crippen LogP contribution in [0.15, 0.2) is 267 Å². The molecular formula is C62H48N2O2. The first-order valence-corrected chi connectivity index (χ1v) is 22.2. The average molecular weight is 853 g/mol. The Morgan fingerprint density at radius 3 is 0.788 bits per heavy atom. The van der Waals surface area contributed by atoms with Gasteiger partial charge in [-0.2, -0.15) is 0 Å². The van der Waals surface area contributed by atoms with Gasteiger partial charge in [0.1, 0.15) is 0 Å². The van der Waals surface area contributed by atoms with Crippen molar-refractivity contribution in [2.45, 2.75) is 10.8 Å². The Labute approximate surface area is 387 Å². The summed E-state index contributed by atoms with van der Waals surface area (Å²) in [7, 11) is 0. The minimum absolute atomic E-state index is 0.247. The molecule has 9 aromatic carbocycles. The fourth-order valence-electron chi connectivity index (χ4n) is 9.21. The lowest BCUT2D eigenvalue weighted by atomic mass is 9.65. The molecule has 0 aliphatic carbocycles. The number of nitrogens with one attached hydrogen (secondary N) is 2. The first-order chi connectivity index (χ1) is 32.5. The normalized spacial score (nSPS) is 11.6. The number of carbonyl (C=O) groups is 2. The predicted octanol–water partition coefficient (Wildman–Crippen LogP) is 13.8. The summed E-state index contributed by atoms with van der Waals surface area (Å²) in [5, 5.41) is 6.06. The molecule has 2 N–H and O–H groups in total. The van der Waals surface area contributed by atoms with Gasteiger partial charge in [0.05, 0.1) is 10.8 Å². The van der Waals surface area contributed by atoms with Crippen LogP contribution in [0.3, 0.4) is 0 Å². The summed E-state index contributed by atoms with van der Waals surface area (Å²) in [5.41, 5.74) is 11.0. The van der Waals surface area contributed by atoms with Crippen molar-refractivity contribution in [2.75, 3.05) is 10.6 Å². The second-order valence-electron chi connectivity index (χ2n) is 16.2. The summed E-state index contributed by atoms with van der Waals surface area (Å²) < 4.78 is 0. The summed E-state index contributed by atoms with van der Waals surface area (Å²) in [4.78, 5) is 26.5. The van der Waals surface area contributed by atoms with Gasteiger partial charge in [-0.25, -0.2) is 0 Å². The van der Waals surface area contributed by atoms with E-state index in [4.69, 9.17) is 0 Å². The molecule has 0 bridgehead atoms. The molecule has 0 radical (unpaired) electrons. The Morgan fingerprint density at radius 2 is 0.530 bits per heavy atom. The summed E-state index contributed by atoms with van der Waals surface area (Å²) in [6, 6.07) is 87.2. The van der Waals surface area contributed by atoms with Crippen LogP contribution in [0.5, 0.6) is 0 Å². The molecule has 0 saturated heterocycles. The number of carbonyl (C=O) groups excluding carboxylic acids is 2. The molecule has 0 saturated carbocycles. The molecular weight excluding hydrogens is 805 g/mol. The topological polar surface area (TPSA) is 58.2 Å². The summed E-state index contributed by atoms with van der Waals surface area (Å²) in [6.07, 6.45) is 6.59. The van der Waals surface area contributed by atoms with Crippen molar-refractivity contribution in [1.82, 2.24) is 0 Å². The molecule has 4 nitrogen and oxygen atoms in total. The molecule has 0 fully saturated rings. The van der Waals surface area contributed by atoms with Gasteiger partial charge in [0.2, 0.25) is 11.8 Å². The third kappa shape index (κ3) is 8.94. The van der Waals surface area contributed by atoms with E-state index in [2.05, 4.69) is 180 Å². The number of amides is 2. The quantitative estimate of drug-likeness (QED) is 0.0846. The van der Waals surface area contributed by atoms with Crippen molar-refractivity contribution in [3.05, 3.63) is 323 Å². The Balaban J connectivity index is 0.878. The highest BCUT2D eigenvalue weighted by Gasteiger charge is 2.39. The molecule has 0 atom stereocenters. The highest BCUT2D eigenvalue weighted by Crippen LogP contribution is 2.46. The number of anilines is 2. The lowest BCUT2D eigenvalue weighted by Crippen LogP contribution is -2.31. The van der Waals surface area contributed by atoms with Crippen LogP contribution in [0.1, 0.15) is 55.6 Å². The van der Waals surface area contributed by atoms with Crippen LogP contribution < -0.4 is 10.6 Å². The smallest absolute Gasteiger partial charge is 0.248 e. The zero-order valence-corrected chi connectivity index (χ0v) is 36.4. The van der Waals surface area contributed by atoms with Gasteiger partial charge in [-0.1, -0.05) is 224 Å². The molecule has 66 heavy (non-hydrogen) atoms. The summed E-state index contributed by atoms with van der Waals surface area (Å²) in [6.45, 7) is 0. The lowest BCUT2D eigenvalue weighted by molar-refractivity contribution is -0.112. The number of rotatable bonds is 14. The van der Waals surface area contributed by atoms with Crippen LogP contribution in [-0.2, 0) is 20.4 Å². The third-order valence-corrected chi connectivity index (χ3v) is 12.2. The molecule has 318 valence electrons. The molecule has 0 spiro atoms. The minimum atomic E-state index is -0.569. The number of benzene rings is 9. The van der Waals surface area contributed by atoms with E-state index in [9.17, 15) is 9.59 Å². The van der Waals surface area contributed by atoms with Crippen molar-refractivity contribution in [3.63, 3.8) is 0 Å². The van der Waals surface area contributed by atoms with Gasteiger partial charge in [0.25, 0.3) is 0 Å². The largest absolute Gasteiger partial charge is 0.323 e. The maximum atomic E-state index is 13.2. The molecule has 0 unspecified atom stereocenters. The van der Waals surface area contributed by atoms with Crippen LogP contribution >= 0.6 is 0 Å². The van der Waals surface area contributed by atoms with Gasteiger partial charge >= 0.3 is 0 Å². The fraction of sp³-hybridized carbons (Fsp3) is 0.0323. The predicted molar refractivity (Wildman–Crippen MR) is 271 cm³/mol. The summed E-state index contributed by atoms with van der Waals surface area (Å²) in [5.74, 6) is -0.494. The third-order valence-electron chi connectivity index (χ3n) is 12.2. The van der Waals surface area contributed by atoms with Gasteiger partial charge in [-0.3, -0.25) is 9.59 Å². The standard InChI is InChI=1S/C62H48N2O2/c65-59(63-57-40-36-55(37-41-57)61(49-22-7-1-8-23-49,50-24-9-2-10-25-50)51-26-11-3-12-27-51)44-34-47-20-19-21-48(46-47)35-45-60(66)64-58-42-38-56(39-43-58)62(52-28-13-4-14-29-52,53-30-15-5-16-31-53)54-32-17-6-18-33-54/h1-46H,(H,63,65)(H,64,66)/b44-34+,45-35+. The van der Waals surface area contributed by atoms with Gasteiger partial charge in [0, 0.05) is 23.5 Å². The van der Waals surface area contributed by atoms with Crippen molar-refractivity contribution >= 4 is 35.3 Å². The second-order valence-corrected chi connectivity index (χ2v) is 16.2. The van der Waals surface area contributed by atoms with Crippen LogP contribution in [-0.4, -0.2) is 11.8 Å². The van der Waals surface area contributed by atoms with E-state index in [-0.39, 0.29) is 11.8 Å². The molecule has 9 aromatic rings. The molecule has 0 aromatic heterocycles. The van der Waals surface area contributed by atoms with E-state index in [1.165, 1.54) is 12.2 Å². The molecule has 4 heteroatoms. The summed E-state index contributed by atoms with van der Waals surface area (Å²) >= 11 is 0. The van der Waals surface area contributed by atoms with Crippen LogP contribution in [0, 0.1) is 0 Å². The first kappa shape index (κ1) is 42.7. The molecule has 0 heterocycles.